The minimum absolute atomic E-state index is 0.160. The molecule has 0 saturated heterocycles. The molecule has 1 aromatic carbocycles. The second-order valence-corrected chi connectivity index (χ2v) is 5.34. The molecular weight excluding hydrogens is 238 g/mol. The highest BCUT2D eigenvalue weighted by Crippen LogP contribution is 2.33. The highest BCUT2D eigenvalue weighted by molar-refractivity contribution is 5.55. The fourth-order valence-electron chi connectivity index (χ4n) is 3.07. The lowest BCUT2D eigenvalue weighted by Crippen LogP contribution is -2.36. The van der Waals surface area contributed by atoms with Crippen molar-refractivity contribution in [2.75, 3.05) is 18.1 Å². The van der Waals surface area contributed by atoms with Gasteiger partial charge in [0.25, 0.3) is 0 Å². The number of aliphatic hydroxyl groups is 2. The molecule has 3 nitrogen and oxygen atoms in total. The van der Waals surface area contributed by atoms with Gasteiger partial charge in [-0.1, -0.05) is 38.0 Å². The summed E-state index contributed by atoms with van der Waals surface area (Å²) in [6.45, 7) is 2.80. The first kappa shape index (κ1) is 14.4. The molecule has 1 atom stereocenters. The zero-order valence-electron chi connectivity index (χ0n) is 11.8. The molecule has 0 spiro atoms. The van der Waals surface area contributed by atoms with E-state index < -0.39 is 6.10 Å². The molecule has 0 heterocycles. The Morgan fingerprint density at radius 3 is 2.58 bits per heavy atom. The van der Waals surface area contributed by atoms with Crippen LogP contribution in [0.15, 0.2) is 24.3 Å². The number of aliphatic hydroxyl groups excluding tert-OH is 2. The molecule has 1 aliphatic carbocycles. The minimum Gasteiger partial charge on any atom is -0.395 e. The largest absolute Gasteiger partial charge is 0.395 e. The Labute approximate surface area is 115 Å². The standard InChI is InChI=1S/C16H25NO2/c1-2-16(19)14-9-5-6-10-15(14)17(11-12-18)13-7-3-4-8-13/h5-6,9-10,13,16,18-19H,2-4,7-8,11-12H2,1H3/t16-/m1/s1. The Morgan fingerprint density at radius 2 is 1.95 bits per heavy atom. The lowest BCUT2D eigenvalue weighted by atomic mass is 10.0. The van der Waals surface area contributed by atoms with Crippen LogP contribution in [-0.2, 0) is 0 Å². The van der Waals surface area contributed by atoms with E-state index in [1.54, 1.807) is 0 Å². The maximum Gasteiger partial charge on any atom is 0.0807 e. The Kier molecular flexibility index (Phi) is 5.23. The topological polar surface area (TPSA) is 43.7 Å². The van der Waals surface area contributed by atoms with Gasteiger partial charge in [0.2, 0.25) is 0 Å². The average Bonchev–Trinajstić information content (AvgIpc) is 2.98. The van der Waals surface area contributed by atoms with Crippen molar-refractivity contribution in [2.45, 2.75) is 51.2 Å². The van der Waals surface area contributed by atoms with E-state index in [0.29, 0.717) is 19.0 Å². The summed E-state index contributed by atoms with van der Waals surface area (Å²) in [4.78, 5) is 2.29. The van der Waals surface area contributed by atoms with Crippen molar-refractivity contribution < 1.29 is 10.2 Å². The molecule has 0 radical (unpaired) electrons. The minimum atomic E-state index is -0.418. The monoisotopic (exact) mass is 263 g/mol. The predicted molar refractivity (Wildman–Crippen MR) is 78.4 cm³/mol. The molecular formula is C16H25NO2. The van der Waals surface area contributed by atoms with Gasteiger partial charge in [-0.25, -0.2) is 0 Å². The van der Waals surface area contributed by atoms with Crippen molar-refractivity contribution in [1.29, 1.82) is 0 Å². The molecule has 0 bridgehead atoms. The number of anilines is 1. The third-order valence-electron chi connectivity index (χ3n) is 4.10. The number of hydrogen-bond acceptors (Lipinski definition) is 3. The van der Waals surface area contributed by atoms with Gasteiger partial charge in [-0.15, -0.1) is 0 Å². The number of rotatable bonds is 6. The summed E-state index contributed by atoms with van der Waals surface area (Å²) in [6, 6.07) is 8.58. The molecule has 0 unspecified atom stereocenters. The number of nitrogens with zero attached hydrogens (tertiary/aromatic N) is 1. The van der Waals surface area contributed by atoms with E-state index in [-0.39, 0.29) is 6.61 Å². The Hall–Kier alpha value is -1.06. The van der Waals surface area contributed by atoms with Crippen molar-refractivity contribution in [3.63, 3.8) is 0 Å². The van der Waals surface area contributed by atoms with Crippen LogP contribution in [0.25, 0.3) is 0 Å². The van der Waals surface area contributed by atoms with E-state index in [4.69, 9.17) is 0 Å². The molecule has 1 fully saturated rings. The molecule has 1 aliphatic rings. The fraction of sp³-hybridized carbons (Fsp3) is 0.625. The summed E-state index contributed by atoms with van der Waals surface area (Å²) in [6.07, 6.45) is 5.22. The van der Waals surface area contributed by atoms with Crippen molar-refractivity contribution in [3.05, 3.63) is 29.8 Å². The summed E-state index contributed by atoms with van der Waals surface area (Å²) < 4.78 is 0. The molecule has 2 rings (SSSR count). The zero-order chi connectivity index (χ0) is 13.7. The van der Waals surface area contributed by atoms with Crippen LogP contribution in [0.2, 0.25) is 0 Å². The Morgan fingerprint density at radius 1 is 1.26 bits per heavy atom. The van der Waals surface area contributed by atoms with Gasteiger partial charge in [0.1, 0.15) is 0 Å². The first-order valence-electron chi connectivity index (χ1n) is 7.42. The van der Waals surface area contributed by atoms with E-state index in [2.05, 4.69) is 11.0 Å². The van der Waals surface area contributed by atoms with Crippen molar-refractivity contribution in [1.82, 2.24) is 0 Å². The van der Waals surface area contributed by atoms with E-state index in [1.807, 2.05) is 25.1 Å². The quantitative estimate of drug-likeness (QED) is 0.829. The van der Waals surface area contributed by atoms with Gasteiger partial charge in [0.15, 0.2) is 0 Å². The molecule has 106 valence electrons. The van der Waals surface area contributed by atoms with Crippen LogP contribution in [0.4, 0.5) is 5.69 Å². The van der Waals surface area contributed by atoms with Gasteiger partial charge in [0, 0.05) is 23.8 Å². The fourth-order valence-corrected chi connectivity index (χ4v) is 3.07. The average molecular weight is 263 g/mol. The molecule has 0 aliphatic heterocycles. The molecule has 19 heavy (non-hydrogen) atoms. The Balaban J connectivity index is 2.29. The highest BCUT2D eigenvalue weighted by Gasteiger charge is 2.25. The van der Waals surface area contributed by atoms with Crippen molar-refractivity contribution in [2.24, 2.45) is 0 Å². The third-order valence-corrected chi connectivity index (χ3v) is 4.10. The molecule has 1 saturated carbocycles. The van der Waals surface area contributed by atoms with Crippen LogP contribution in [0.3, 0.4) is 0 Å². The van der Waals surface area contributed by atoms with Crippen LogP contribution in [-0.4, -0.2) is 29.4 Å². The van der Waals surface area contributed by atoms with Gasteiger partial charge >= 0.3 is 0 Å². The summed E-state index contributed by atoms with van der Waals surface area (Å²) in [7, 11) is 0. The van der Waals surface area contributed by atoms with Crippen LogP contribution < -0.4 is 4.90 Å². The van der Waals surface area contributed by atoms with Gasteiger partial charge < -0.3 is 15.1 Å². The molecule has 0 aromatic heterocycles. The van der Waals surface area contributed by atoms with Crippen LogP contribution in [0.5, 0.6) is 0 Å². The SMILES string of the molecule is CC[C@@H](O)c1ccccc1N(CCO)C1CCCC1. The van der Waals surface area contributed by atoms with Gasteiger partial charge in [0.05, 0.1) is 12.7 Å². The smallest absolute Gasteiger partial charge is 0.0807 e. The van der Waals surface area contributed by atoms with Crippen molar-refractivity contribution in [3.8, 4) is 0 Å². The van der Waals surface area contributed by atoms with E-state index in [0.717, 1.165) is 11.3 Å². The van der Waals surface area contributed by atoms with Gasteiger partial charge in [-0.2, -0.15) is 0 Å². The van der Waals surface area contributed by atoms with Crippen LogP contribution >= 0.6 is 0 Å². The number of benzene rings is 1. The second-order valence-electron chi connectivity index (χ2n) is 5.34. The molecule has 1 aromatic rings. The maximum absolute atomic E-state index is 10.2. The lowest BCUT2D eigenvalue weighted by molar-refractivity contribution is 0.173. The second kappa shape index (κ2) is 6.92. The lowest BCUT2D eigenvalue weighted by Gasteiger charge is -2.33. The first-order valence-corrected chi connectivity index (χ1v) is 7.42. The maximum atomic E-state index is 10.2. The number of hydrogen-bond donors (Lipinski definition) is 2. The molecule has 2 N–H and O–H groups in total. The van der Waals surface area contributed by atoms with Gasteiger partial charge in [-0.05, 0) is 25.3 Å². The van der Waals surface area contributed by atoms with Crippen molar-refractivity contribution >= 4 is 5.69 Å². The normalized spacial score (nSPS) is 17.6. The van der Waals surface area contributed by atoms with E-state index in [9.17, 15) is 10.2 Å². The summed E-state index contributed by atoms with van der Waals surface area (Å²) in [5.74, 6) is 0. The Bertz CT molecular complexity index is 388. The summed E-state index contributed by atoms with van der Waals surface area (Å²) in [5.41, 5.74) is 2.09. The van der Waals surface area contributed by atoms with Crippen LogP contribution in [0, 0.1) is 0 Å². The predicted octanol–water partition coefficient (Wildman–Crippen LogP) is 2.87. The number of para-hydroxylation sites is 1. The molecule has 3 heteroatoms. The zero-order valence-corrected chi connectivity index (χ0v) is 11.8. The van der Waals surface area contributed by atoms with E-state index in [1.165, 1.54) is 25.7 Å². The first-order chi connectivity index (χ1) is 9.27. The third kappa shape index (κ3) is 3.28. The van der Waals surface area contributed by atoms with Gasteiger partial charge in [-0.3, -0.25) is 0 Å². The molecule has 0 amide bonds. The summed E-state index contributed by atoms with van der Waals surface area (Å²) in [5, 5.41) is 19.5. The summed E-state index contributed by atoms with van der Waals surface area (Å²) >= 11 is 0. The van der Waals surface area contributed by atoms with E-state index >= 15 is 0 Å². The van der Waals surface area contributed by atoms with Crippen LogP contribution in [0.1, 0.15) is 50.7 Å². The highest BCUT2D eigenvalue weighted by atomic mass is 16.3.